The zero-order chi connectivity index (χ0) is 16.2. The summed E-state index contributed by atoms with van der Waals surface area (Å²) < 4.78 is 0. The number of carbonyl (C=O) groups excluding carboxylic acids is 1. The van der Waals surface area contributed by atoms with E-state index in [1.165, 1.54) is 0 Å². The minimum Gasteiger partial charge on any atom is -0.344 e. The Balaban J connectivity index is 1.79. The first-order chi connectivity index (χ1) is 11.1. The summed E-state index contributed by atoms with van der Waals surface area (Å²) in [5.41, 5.74) is 1.98. The highest BCUT2D eigenvalue weighted by Crippen LogP contribution is 2.26. The molecule has 1 unspecified atom stereocenters. The number of thiazole rings is 1. The van der Waals surface area contributed by atoms with Crippen LogP contribution < -0.4 is 5.32 Å². The smallest absolute Gasteiger partial charge is 0.226 e. The first kappa shape index (κ1) is 15.8. The number of amides is 1. The minimum absolute atomic E-state index is 0.00645. The van der Waals surface area contributed by atoms with Crippen LogP contribution in [-0.4, -0.2) is 15.9 Å². The van der Waals surface area contributed by atoms with E-state index in [0.717, 1.165) is 26.0 Å². The zero-order valence-corrected chi connectivity index (χ0v) is 14.6. The molecule has 0 aromatic carbocycles. The van der Waals surface area contributed by atoms with Crippen LogP contribution >= 0.6 is 22.7 Å². The molecule has 0 radical (unpaired) electrons. The second-order valence-corrected chi connectivity index (χ2v) is 7.48. The van der Waals surface area contributed by atoms with Crippen molar-refractivity contribution in [2.24, 2.45) is 0 Å². The predicted molar refractivity (Wildman–Crippen MR) is 93.8 cm³/mol. The molecule has 6 heteroatoms. The summed E-state index contributed by atoms with van der Waals surface area (Å²) in [6.45, 7) is 3.91. The lowest BCUT2D eigenvalue weighted by Crippen LogP contribution is -2.30. The lowest BCUT2D eigenvalue weighted by atomic mass is 10.1. The van der Waals surface area contributed by atoms with Crippen molar-refractivity contribution in [3.05, 3.63) is 68.1 Å². The standard InChI is InChI=1S/C17H17N3OS2/c1-11-15(23-12(2)19-11)10-16(21)20-17(14-4-3-9-22-14)13-5-7-18-8-6-13/h3-9,17H,10H2,1-2H3,(H,20,21). The molecule has 0 bridgehead atoms. The van der Waals surface area contributed by atoms with E-state index >= 15 is 0 Å². The fourth-order valence-corrected chi connectivity index (χ4v) is 4.16. The van der Waals surface area contributed by atoms with Crippen molar-refractivity contribution in [3.8, 4) is 0 Å². The molecule has 0 aliphatic carbocycles. The molecule has 118 valence electrons. The number of thiophene rings is 1. The van der Waals surface area contributed by atoms with Crippen LogP contribution in [0.1, 0.15) is 32.1 Å². The van der Waals surface area contributed by atoms with Gasteiger partial charge in [-0.05, 0) is 43.0 Å². The van der Waals surface area contributed by atoms with E-state index in [1.54, 1.807) is 35.1 Å². The second kappa shape index (κ2) is 7.02. The minimum atomic E-state index is -0.139. The van der Waals surface area contributed by atoms with Crippen LogP contribution in [0.25, 0.3) is 0 Å². The van der Waals surface area contributed by atoms with Crippen molar-refractivity contribution in [1.29, 1.82) is 0 Å². The van der Waals surface area contributed by atoms with Crippen molar-refractivity contribution >= 4 is 28.6 Å². The lowest BCUT2D eigenvalue weighted by molar-refractivity contribution is -0.120. The third-order valence-electron chi connectivity index (χ3n) is 3.49. The third kappa shape index (κ3) is 3.83. The van der Waals surface area contributed by atoms with Gasteiger partial charge in [0.25, 0.3) is 0 Å². The summed E-state index contributed by atoms with van der Waals surface area (Å²) in [4.78, 5) is 23.1. The Morgan fingerprint density at radius 3 is 2.65 bits per heavy atom. The molecule has 3 aromatic heterocycles. The van der Waals surface area contributed by atoms with Crippen LogP contribution in [0.2, 0.25) is 0 Å². The summed E-state index contributed by atoms with van der Waals surface area (Å²) in [5, 5.41) is 6.16. The third-order valence-corrected chi connectivity index (χ3v) is 5.50. The average Bonchev–Trinajstić information content (AvgIpc) is 3.16. The summed E-state index contributed by atoms with van der Waals surface area (Å²) in [5.74, 6) is 0.00645. The Bertz CT molecular complexity index is 782. The van der Waals surface area contributed by atoms with Crippen molar-refractivity contribution in [3.63, 3.8) is 0 Å². The Morgan fingerprint density at radius 1 is 1.26 bits per heavy atom. The average molecular weight is 343 g/mol. The molecular weight excluding hydrogens is 326 g/mol. The number of nitrogens with one attached hydrogen (secondary N) is 1. The molecule has 23 heavy (non-hydrogen) atoms. The van der Waals surface area contributed by atoms with E-state index in [-0.39, 0.29) is 11.9 Å². The maximum Gasteiger partial charge on any atom is 0.226 e. The molecular formula is C17H17N3OS2. The van der Waals surface area contributed by atoms with E-state index in [0.29, 0.717) is 6.42 Å². The molecule has 1 amide bonds. The molecule has 0 saturated carbocycles. The maximum absolute atomic E-state index is 12.5. The van der Waals surface area contributed by atoms with Gasteiger partial charge in [0.05, 0.1) is 23.2 Å². The fraction of sp³-hybridized carbons (Fsp3) is 0.235. The number of hydrogen-bond acceptors (Lipinski definition) is 5. The molecule has 0 aliphatic heterocycles. The van der Waals surface area contributed by atoms with Gasteiger partial charge < -0.3 is 5.32 Å². The summed E-state index contributed by atoms with van der Waals surface area (Å²) >= 11 is 3.22. The van der Waals surface area contributed by atoms with E-state index in [1.807, 2.05) is 43.5 Å². The number of hydrogen-bond donors (Lipinski definition) is 1. The second-order valence-electron chi connectivity index (χ2n) is 5.21. The highest BCUT2D eigenvalue weighted by atomic mass is 32.1. The normalized spacial score (nSPS) is 12.1. The highest BCUT2D eigenvalue weighted by molar-refractivity contribution is 7.11. The van der Waals surface area contributed by atoms with Gasteiger partial charge in [0.2, 0.25) is 5.91 Å². The van der Waals surface area contributed by atoms with Crippen LogP contribution in [0.3, 0.4) is 0 Å². The van der Waals surface area contributed by atoms with Gasteiger partial charge in [-0.25, -0.2) is 4.98 Å². The summed E-state index contributed by atoms with van der Waals surface area (Å²) in [6.07, 6.45) is 3.86. The fourth-order valence-electron chi connectivity index (χ4n) is 2.43. The van der Waals surface area contributed by atoms with E-state index < -0.39 is 0 Å². The molecule has 0 fully saturated rings. The van der Waals surface area contributed by atoms with Crippen molar-refractivity contribution in [1.82, 2.24) is 15.3 Å². The Morgan fingerprint density at radius 2 is 2.04 bits per heavy atom. The zero-order valence-electron chi connectivity index (χ0n) is 12.9. The van der Waals surface area contributed by atoms with Crippen molar-refractivity contribution in [2.75, 3.05) is 0 Å². The van der Waals surface area contributed by atoms with Crippen LogP contribution in [0, 0.1) is 13.8 Å². The van der Waals surface area contributed by atoms with E-state index in [9.17, 15) is 4.79 Å². The van der Waals surface area contributed by atoms with Crippen LogP contribution in [0.5, 0.6) is 0 Å². The van der Waals surface area contributed by atoms with Gasteiger partial charge in [-0.3, -0.25) is 9.78 Å². The van der Waals surface area contributed by atoms with Gasteiger partial charge in [-0.1, -0.05) is 6.07 Å². The quantitative estimate of drug-likeness (QED) is 0.769. The maximum atomic E-state index is 12.5. The van der Waals surface area contributed by atoms with Crippen LogP contribution in [-0.2, 0) is 11.2 Å². The van der Waals surface area contributed by atoms with Gasteiger partial charge >= 0.3 is 0 Å². The number of nitrogens with zero attached hydrogens (tertiary/aromatic N) is 2. The number of aromatic nitrogens is 2. The number of carbonyl (C=O) groups is 1. The van der Waals surface area contributed by atoms with Gasteiger partial charge in [-0.2, -0.15) is 0 Å². The summed E-state index contributed by atoms with van der Waals surface area (Å²) in [6, 6.07) is 7.77. The SMILES string of the molecule is Cc1nc(C)c(CC(=O)NC(c2ccncc2)c2cccs2)s1. The molecule has 3 aromatic rings. The van der Waals surface area contributed by atoms with Crippen molar-refractivity contribution in [2.45, 2.75) is 26.3 Å². The molecule has 0 aliphatic rings. The number of rotatable bonds is 5. The summed E-state index contributed by atoms with van der Waals surface area (Å²) in [7, 11) is 0. The van der Waals surface area contributed by atoms with Gasteiger partial charge in [0.1, 0.15) is 0 Å². The molecule has 1 N–H and O–H groups in total. The number of aryl methyl sites for hydroxylation is 2. The van der Waals surface area contributed by atoms with Crippen LogP contribution in [0.4, 0.5) is 0 Å². The molecule has 1 atom stereocenters. The molecule has 4 nitrogen and oxygen atoms in total. The molecule has 0 saturated heterocycles. The van der Waals surface area contributed by atoms with Gasteiger partial charge in [0.15, 0.2) is 0 Å². The highest BCUT2D eigenvalue weighted by Gasteiger charge is 2.19. The largest absolute Gasteiger partial charge is 0.344 e. The first-order valence-electron chi connectivity index (χ1n) is 7.29. The predicted octanol–water partition coefficient (Wildman–Crippen LogP) is 3.66. The first-order valence-corrected chi connectivity index (χ1v) is 8.98. The molecule has 3 heterocycles. The number of pyridine rings is 1. The van der Waals surface area contributed by atoms with Gasteiger partial charge in [0, 0.05) is 22.1 Å². The molecule has 0 spiro atoms. The monoisotopic (exact) mass is 343 g/mol. The topological polar surface area (TPSA) is 54.9 Å². The van der Waals surface area contributed by atoms with Gasteiger partial charge in [-0.15, -0.1) is 22.7 Å². The van der Waals surface area contributed by atoms with E-state index in [2.05, 4.69) is 15.3 Å². The van der Waals surface area contributed by atoms with Crippen molar-refractivity contribution < 1.29 is 4.79 Å². The van der Waals surface area contributed by atoms with Crippen LogP contribution in [0.15, 0.2) is 42.0 Å². The van der Waals surface area contributed by atoms with E-state index in [4.69, 9.17) is 0 Å². The Kier molecular flexibility index (Phi) is 4.83. The molecule has 3 rings (SSSR count). The lowest BCUT2D eigenvalue weighted by Gasteiger charge is -2.17. The Labute approximate surface area is 143 Å². The Hall–Kier alpha value is -2.05.